The van der Waals surface area contributed by atoms with Crippen molar-refractivity contribution >= 4 is 29.1 Å². The highest BCUT2D eigenvalue weighted by Gasteiger charge is 2.34. The minimum absolute atomic E-state index is 0.00731. The molecule has 0 atom stereocenters. The molecular formula is C27H24Cl2F5NO. The SMILES string of the molecule is CC(C)(C)c1ccc(CN(CCc2ccc(Cl)c(F)c2)C(=O)c2cc(C(F)(F)F)cc(Cl)c2F)cc1. The number of nitrogens with zero attached hydrogens (tertiary/aromatic N) is 1. The van der Waals surface area contributed by atoms with E-state index in [1.54, 1.807) is 18.2 Å². The second kappa shape index (κ2) is 10.8. The lowest BCUT2D eigenvalue weighted by Crippen LogP contribution is -2.33. The van der Waals surface area contributed by atoms with E-state index in [1.165, 1.54) is 17.0 Å². The Kier molecular flexibility index (Phi) is 8.36. The summed E-state index contributed by atoms with van der Waals surface area (Å²) in [5.74, 6) is -2.84. The number of benzene rings is 3. The fraction of sp³-hybridized carbons (Fsp3) is 0.296. The van der Waals surface area contributed by atoms with Crippen LogP contribution in [0.1, 0.15) is 53.4 Å². The zero-order valence-electron chi connectivity index (χ0n) is 19.8. The topological polar surface area (TPSA) is 20.3 Å². The van der Waals surface area contributed by atoms with Crippen LogP contribution in [0.25, 0.3) is 0 Å². The number of alkyl halides is 3. The van der Waals surface area contributed by atoms with Gasteiger partial charge in [-0.1, -0.05) is 74.3 Å². The molecule has 36 heavy (non-hydrogen) atoms. The highest BCUT2D eigenvalue weighted by Crippen LogP contribution is 2.34. The summed E-state index contributed by atoms with van der Waals surface area (Å²) < 4.78 is 68.6. The molecule has 0 saturated heterocycles. The lowest BCUT2D eigenvalue weighted by molar-refractivity contribution is -0.137. The number of carbonyl (C=O) groups is 1. The molecule has 3 aromatic carbocycles. The van der Waals surface area contributed by atoms with Crippen molar-refractivity contribution in [1.82, 2.24) is 4.90 Å². The molecule has 0 N–H and O–H groups in total. The Bertz CT molecular complexity index is 1250. The van der Waals surface area contributed by atoms with Crippen LogP contribution >= 0.6 is 23.2 Å². The molecule has 0 radical (unpaired) electrons. The molecule has 3 aromatic rings. The maximum absolute atomic E-state index is 14.8. The molecule has 0 spiro atoms. The van der Waals surface area contributed by atoms with Gasteiger partial charge in [0.25, 0.3) is 5.91 Å². The van der Waals surface area contributed by atoms with Crippen LogP contribution < -0.4 is 0 Å². The van der Waals surface area contributed by atoms with Gasteiger partial charge in [0, 0.05) is 13.1 Å². The lowest BCUT2D eigenvalue weighted by atomic mass is 9.87. The first kappa shape index (κ1) is 27.9. The van der Waals surface area contributed by atoms with Crippen LogP contribution in [0, 0.1) is 11.6 Å². The van der Waals surface area contributed by atoms with Gasteiger partial charge in [-0.15, -0.1) is 0 Å². The molecule has 0 aromatic heterocycles. The third-order valence-corrected chi connectivity index (χ3v) is 6.30. The predicted molar refractivity (Wildman–Crippen MR) is 131 cm³/mol. The first-order chi connectivity index (χ1) is 16.7. The highest BCUT2D eigenvalue weighted by atomic mass is 35.5. The summed E-state index contributed by atoms with van der Waals surface area (Å²) in [6.45, 7) is 6.11. The van der Waals surface area contributed by atoms with Crippen molar-refractivity contribution in [2.45, 2.75) is 45.3 Å². The van der Waals surface area contributed by atoms with Gasteiger partial charge in [-0.2, -0.15) is 13.2 Å². The van der Waals surface area contributed by atoms with E-state index in [0.29, 0.717) is 23.3 Å². The van der Waals surface area contributed by atoms with Gasteiger partial charge in [-0.05, 0) is 52.8 Å². The largest absolute Gasteiger partial charge is 0.416 e. The van der Waals surface area contributed by atoms with Crippen LogP contribution in [-0.2, 0) is 24.6 Å². The van der Waals surface area contributed by atoms with E-state index in [1.807, 2.05) is 32.9 Å². The first-order valence-electron chi connectivity index (χ1n) is 11.1. The van der Waals surface area contributed by atoms with Gasteiger partial charge in [0.2, 0.25) is 0 Å². The van der Waals surface area contributed by atoms with Gasteiger partial charge in [-0.3, -0.25) is 4.79 Å². The quantitative estimate of drug-likeness (QED) is 0.285. The summed E-state index contributed by atoms with van der Waals surface area (Å²) in [4.78, 5) is 14.6. The molecule has 1 amide bonds. The van der Waals surface area contributed by atoms with E-state index < -0.39 is 39.9 Å². The maximum Gasteiger partial charge on any atom is 0.416 e. The number of hydrogen-bond donors (Lipinski definition) is 0. The van der Waals surface area contributed by atoms with E-state index in [0.717, 1.165) is 5.56 Å². The standard InChI is InChI=1S/C27H24Cl2F5NO/c1-26(2,3)18-7-4-17(5-8-18)15-35(11-10-16-6-9-21(28)23(30)12-16)25(36)20-13-19(27(32,33)34)14-22(29)24(20)31/h4-9,12-14H,10-11,15H2,1-3H3. The Morgan fingerprint density at radius 2 is 1.44 bits per heavy atom. The third kappa shape index (κ3) is 6.77. The predicted octanol–water partition coefficient (Wildman–Crippen LogP) is 8.47. The monoisotopic (exact) mass is 543 g/mol. The van der Waals surface area contributed by atoms with Crippen molar-refractivity contribution in [2.24, 2.45) is 0 Å². The van der Waals surface area contributed by atoms with Gasteiger partial charge in [0.1, 0.15) is 5.82 Å². The maximum atomic E-state index is 14.8. The molecule has 9 heteroatoms. The second-order valence-corrected chi connectivity index (χ2v) is 10.3. The van der Waals surface area contributed by atoms with E-state index in [-0.39, 0.29) is 29.9 Å². The number of hydrogen-bond acceptors (Lipinski definition) is 1. The van der Waals surface area contributed by atoms with Crippen LogP contribution in [0.5, 0.6) is 0 Å². The molecule has 0 bridgehead atoms. The average molecular weight is 544 g/mol. The average Bonchev–Trinajstić information content (AvgIpc) is 2.79. The summed E-state index contributed by atoms with van der Waals surface area (Å²) in [5.41, 5.74) is 0.133. The molecule has 0 saturated carbocycles. The van der Waals surface area contributed by atoms with Crippen LogP contribution in [0.3, 0.4) is 0 Å². The van der Waals surface area contributed by atoms with Crippen molar-refractivity contribution in [1.29, 1.82) is 0 Å². The zero-order valence-corrected chi connectivity index (χ0v) is 21.3. The van der Waals surface area contributed by atoms with Crippen molar-refractivity contribution in [3.63, 3.8) is 0 Å². The summed E-state index contributed by atoms with van der Waals surface area (Å²) in [6.07, 6.45) is -4.66. The number of amides is 1. The first-order valence-corrected chi connectivity index (χ1v) is 11.8. The van der Waals surface area contributed by atoms with Gasteiger partial charge in [-0.25, -0.2) is 8.78 Å². The summed E-state index contributed by atoms with van der Waals surface area (Å²) in [6, 6.07) is 12.5. The van der Waals surface area contributed by atoms with Gasteiger partial charge in [0.15, 0.2) is 5.82 Å². The fourth-order valence-corrected chi connectivity index (χ4v) is 3.96. The normalized spacial score (nSPS) is 12.1. The van der Waals surface area contributed by atoms with Gasteiger partial charge >= 0.3 is 6.18 Å². The van der Waals surface area contributed by atoms with Crippen molar-refractivity contribution in [3.8, 4) is 0 Å². The van der Waals surface area contributed by atoms with E-state index in [2.05, 4.69) is 0 Å². The summed E-state index contributed by atoms with van der Waals surface area (Å²) >= 11 is 11.4. The van der Waals surface area contributed by atoms with Crippen molar-refractivity contribution in [2.75, 3.05) is 6.54 Å². The fourth-order valence-electron chi connectivity index (χ4n) is 3.62. The molecule has 0 aliphatic heterocycles. The highest BCUT2D eigenvalue weighted by molar-refractivity contribution is 6.31. The van der Waals surface area contributed by atoms with Crippen LogP contribution in [0.2, 0.25) is 10.0 Å². The van der Waals surface area contributed by atoms with Crippen molar-refractivity contribution < 1.29 is 26.7 Å². The molecule has 3 rings (SSSR count). The van der Waals surface area contributed by atoms with Crippen LogP contribution in [0.4, 0.5) is 22.0 Å². The minimum Gasteiger partial charge on any atom is -0.334 e. The van der Waals surface area contributed by atoms with E-state index in [9.17, 15) is 26.7 Å². The number of rotatable bonds is 6. The number of carbonyl (C=O) groups excluding carboxylic acids is 1. The Balaban J connectivity index is 1.96. The van der Waals surface area contributed by atoms with Crippen LogP contribution in [0.15, 0.2) is 54.6 Å². The molecule has 0 heterocycles. The van der Waals surface area contributed by atoms with Gasteiger partial charge < -0.3 is 4.90 Å². The Hall–Kier alpha value is -2.64. The molecular weight excluding hydrogens is 520 g/mol. The molecule has 2 nitrogen and oxygen atoms in total. The molecule has 192 valence electrons. The third-order valence-electron chi connectivity index (χ3n) is 5.72. The van der Waals surface area contributed by atoms with Crippen LogP contribution in [-0.4, -0.2) is 17.4 Å². The smallest absolute Gasteiger partial charge is 0.334 e. The van der Waals surface area contributed by atoms with Crippen molar-refractivity contribution in [3.05, 3.63) is 104 Å². The minimum atomic E-state index is -4.82. The molecule has 0 unspecified atom stereocenters. The lowest BCUT2D eigenvalue weighted by Gasteiger charge is -2.25. The Morgan fingerprint density at radius 1 is 0.833 bits per heavy atom. The zero-order chi connectivity index (χ0) is 26.8. The Morgan fingerprint density at radius 3 is 2.00 bits per heavy atom. The van der Waals surface area contributed by atoms with Gasteiger partial charge in [0.05, 0.1) is 21.2 Å². The second-order valence-electron chi connectivity index (χ2n) is 9.49. The van der Waals surface area contributed by atoms with E-state index >= 15 is 0 Å². The summed E-state index contributed by atoms with van der Waals surface area (Å²) in [5, 5.41) is -0.867. The Labute approximate surface area is 216 Å². The molecule has 0 aliphatic carbocycles. The molecule has 0 fully saturated rings. The molecule has 0 aliphatic rings. The number of halogens is 7. The summed E-state index contributed by atoms with van der Waals surface area (Å²) in [7, 11) is 0. The van der Waals surface area contributed by atoms with E-state index in [4.69, 9.17) is 23.2 Å².